The topological polar surface area (TPSA) is 49.8 Å². The van der Waals surface area contributed by atoms with Gasteiger partial charge in [0.25, 0.3) is 0 Å². The second-order valence-electron chi connectivity index (χ2n) is 8.14. The zero-order valence-corrected chi connectivity index (χ0v) is 18.3. The Bertz CT molecular complexity index is 1120. The Kier molecular flexibility index (Phi) is 6.89. The van der Waals surface area contributed by atoms with Gasteiger partial charge in [-0.2, -0.15) is 0 Å². The molecule has 1 unspecified atom stereocenters. The minimum atomic E-state index is -0.851. The van der Waals surface area contributed by atoms with Crippen molar-refractivity contribution in [2.45, 2.75) is 45.5 Å². The van der Waals surface area contributed by atoms with Gasteiger partial charge >= 0.3 is 5.97 Å². The number of hydrogen-bond acceptors (Lipinski definition) is 3. The fraction of sp³-hybridized carbons (Fsp3) is 0.250. The van der Waals surface area contributed by atoms with Crippen LogP contribution < -0.4 is 4.74 Å². The van der Waals surface area contributed by atoms with Crippen LogP contribution in [0.1, 0.15) is 47.1 Å². The Hall–Kier alpha value is -3.55. The minimum absolute atomic E-state index is 0.00403. The molecule has 3 aromatic rings. The van der Waals surface area contributed by atoms with Crippen LogP contribution in [-0.4, -0.2) is 16.0 Å². The molecule has 1 aliphatic heterocycles. The molecule has 4 heteroatoms. The van der Waals surface area contributed by atoms with E-state index in [0.717, 1.165) is 36.5 Å². The van der Waals surface area contributed by atoms with E-state index in [9.17, 15) is 4.79 Å². The van der Waals surface area contributed by atoms with E-state index in [1.807, 2.05) is 24.3 Å². The number of carboxylic acids is 1. The molecule has 1 heterocycles. The lowest BCUT2D eigenvalue weighted by Gasteiger charge is -2.16. The van der Waals surface area contributed by atoms with Gasteiger partial charge in [0.2, 0.25) is 0 Å². The maximum Gasteiger partial charge on any atom is 0.304 e. The molecule has 0 fully saturated rings. The highest BCUT2D eigenvalue weighted by Gasteiger charge is 2.18. The molecule has 32 heavy (non-hydrogen) atoms. The number of carboxylic acid groups (broad SMARTS) is 1. The van der Waals surface area contributed by atoms with Crippen LogP contribution in [0.2, 0.25) is 0 Å². The third kappa shape index (κ3) is 5.57. The van der Waals surface area contributed by atoms with Crippen LogP contribution in [0.3, 0.4) is 0 Å². The molecule has 162 valence electrons. The zero-order valence-electron chi connectivity index (χ0n) is 18.3. The lowest BCUT2D eigenvalue weighted by Crippen LogP contribution is -2.15. The molecule has 0 bridgehead atoms. The van der Waals surface area contributed by atoms with Crippen LogP contribution in [0.5, 0.6) is 5.75 Å². The number of ether oxygens (including phenoxy) is 1. The third-order valence-corrected chi connectivity index (χ3v) is 5.69. The summed E-state index contributed by atoms with van der Waals surface area (Å²) in [5.74, 6) is 5.39. The Morgan fingerprint density at radius 3 is 2.34 bits per heavy atom. The van der Waals surface area contributed by atoms with Gasteiger partial charge in [-0.25, -0.2) is 0 Å². The fourth-order valence-electron chi connectivity index (χ4n) is 4.16. The molecular weight excluding hydrogens is 398 g/mol. The smallest absolute Gasteiger partial charge is 0.304 e. The summed E-state index contributed by atoms with van der Waals surface area (Å²) in [4.78, 5) is 13.5. The molecule has 0 saturated heterocycles. The van der Waals surface area contributed by atoms with Crippen LogP contribution in [0, 0.1) is 11.8 Å². The molecule has 0 aliphatic carbocycles. The van der Waals surface area contributed by atoms with E-state index in [2.05, 4.69) is 65.3 Å². The van der Waals surface area contributed by atoms with Gasteiger partial charge in [0.05, 0.1) is 12.3 Å². The first-order chi connectivity index (χ1) is 15.6. The van der Waals surface area contributed by atoms with Gasteiger partial charge in [-0.3, -0.25) is 9.69 Å². The molecule has 3 aromatic carbocycles. The number of rotatable bonds is 8. The first kappa shape index (κ1) is 21.7. The summed E-state index contributed by atoms with van der Waals surface area (Å²) in [6, 6.07) is 24.7. The SMILES string of the molecule is CC#CC(CC(=O)O)c1ccc(OCc2cccc(CN3Cc4ccccc4C3)c2)cc1. The monoisotopic (exact) mass is 425 g/mol. The molecule has 4 nitrogen and oxygen atoms in total. The highest BCUT2D eigenvalue weighted by atomic mass is 16.5. The van der Waals surface area contributed by atoms with Crippen molar-refractivity contribution in [3.8, 4) is 17.6 Å². The first-order valence-electron chi connectivity index (χ1n) is 10.8. The van der Waals surface area contributed by atoms with Gasteiger partial charge in [0.1, 0.15) is 12.4 Å². The molecule has 0 radical (unpaired) electrons. The fourth-order valence-corrected chi connectivity index (χ4v) is 4.16. The highest BCUT2D eigenvalue weighted by Crippen LogP contribution is 2.25. The Morgan fingerprint density at radius 1 is 1.00 bits per heavy atom. The summed E-state index contributed by atoms with van der Waals surface area (Å²) in [5.41, 5.74) is 6.15. The standard InChI is InChI=1S/C28H27NO3/c1-2-6-24(16-28(30)31)23-11-13-27(14-12-23)32-20-22-8-5-7-21(15-22)17-29-18-25-9-3-4-10-26(25)19-29/h3-5,7-15,24H,16-20H2,1H3,(H,30,31). The summed E-state index contributed by atoms with van der Waals surface area (Å²) in [6.45, 7) is 5.12. The molecule has 0 spiro atoms. The summed E-state index contributed by atoms with van der Waals surface area (Å²) in [7, 11) is 0. The van der Waals surface area contributed by atoms with Gasteiger partial charge in [-0.1, -0.05) is 66.6 Å². The summed E-state index contributed by atoms with van der Waals surface area (Å²) >= 11 is 0. The Balaban J connectivity index is 1.34. The summed E-state index contributed by atoms with van der Waals surface area (Å²) in [6.07, 6.45) is -0.00403. The number of nitrogens with zero attached hydrogens (tertiary/aromatic N) is 1. The average molecular weight is 426 g/mol. The van der Waals surface area contributed by atoms with Crippen LogP contribution >= 0.6 is 0 Å². The largest absolute Gasteiger partial charge is 0.489 e. The molecule has 0 amide bonds. The average Bonchev–Trinajstić information content (AvgIpc) is 3.20. The van der Waals surface area contributed by atoms with E-state index in [4.69, 9.17) is 9.84 Å². The third-order valence-electron chi connectivity index (χ3n) is 5.69. The summed E-state index contributed by atoms with van der Waals surface area (Å²) in [5, 5.41) is 9.10. The second-order valence-corrected chi connectivity index (χ2v) is 8.14. The van der Waals surface area contributed by atoms with Gasteiger partial charge in [0, 0.05) is 19.6 Å². The lowest BCUT2D eigenvalue weighted by atomic mass is 9.96. The van der Waals surface area contributed by atoms with Crippen molar-refractivity contribution in [1.82, 2.24) is 4.90 Å². The predicted octanol–water partition coefficient (Wildman–Crippen LogP) is 5.36. The minimum Gasteiger partial charge on any atom is -0.489 e. The maximum absolute atomic E-state index is 11.1. The van der Waals surface area contributed by atoms with Crippen molar-refractivity contribution < 1.29 is 14.6 Å². The number of aliphatic carboxylic acids is 1. The van der Waals surface area contributed by atoms with Crippen molar-refractivity contribution in [2.24, 2.45) is 0 Å². The number of fused-ring (bicyclic) bond motifs is 1. The zero-order chi connectivity index (χ0) is 22.3. The van der Waals surface area contributed by atoms with Crippen molar-refractivity contribution in [1.29, 1.82) is 0 Å². The van der Waals surface area contributed by atoms with Crippen LogP contribution in [0.25, 0.3) is 0 Å². The van der Waals surface area contributed by atoms with Crippen molar-refractivity contribution >= 4 is 5.97 Å². The number of benzene rings is 3. The Morgan fingerprint density at radius 2 is 1.69 bits per heavy atom. The van der Waals surface area contributed by atoms with E-state index in [1.165, 1.54) is 16.7 Å². The van der Waals surface area contributed by atoms with Crippen LogP contribution in [0.15, 0.2) is 72.8 Å². The van der Waals surface area contributed by atoms with Crippen molar-refractivity contribution in [3.05, 3.63) is 101 Å². The first-order valence-corrected chi connectivity index (χ1v) is 10.8. The molecule has 1 aliphatic rings. The molecular formula is C28H27NO3. The molecule has 0 aromatic heterocycles. The highest BCUT2D eigenvalue weighted by molar-refractivity contribution is 5.69. The van der Waals surface area contributed by atoms with Crippen LogP contribution in [-0.2, 0) is 31.0 Å². The van der Waals surface area contributed by atoms with Crippen LogP contribution in [0.4, 0.5) is 0 Å². The van der Waals surface area contributed by atoms with Crippen molar-refractivity contribution in [2.75, 3.05) is 0 Å². The molecule has 4 rings (SSSR count). The van der Waals surface area contributed by atoms with Crippen molar-refractivity contribution in [3.63, 3.8) is 0 Å². The van der Waals surface area contributed by atoms with E-state index < -0.39 is 5.97 Å². The number of carbonyl (C=O) groups is 1. The van der Waals surface area contributed by atoms with Gasteiger partial charge in [-0.05, 0) is 46.9 Å². The Labute approximate surface area is 189 Å². The predicted molar refractivity (Wildman–Crippen MR) is 125 cm³/mol. The molecule has 1 atom stereocenters. The molecule has 0 saturated carbocycles. The van der Waals surface area contributed by atoms with Gasteiger partial charge in [0.15, 0.2) is 0 Å². The quantitative estimate of drug-likeness (QED) is 0.494. The normalized spacial score (nSPS) is 13.7. The van der Waals surface area contributed by atoms with Gasteiger partial charge < -0.3 is 9.84 Å². The van der Waals surface area contributed by atoms with Gasteiger partial charge in [-0.15, -0.1) is 5.92 Å². The van der Waals surface area contributed by atoms with E-state index in [0.29, 0.717) is 6.61 Å². The second kappa shape index (κ2) is 10.2. The maximum atomic E-state index is 11.1. The number of hydrogen-bond donors (Lipinski definition) is 1. The summed E-state index contributed by atoms with van der Waals surface area (Å²) < 4.78 is 5.98. The van der Waals surface area contributed by atoms with E-state index in [-0.39, 0.29) is 12.3 Å². The lowest BCUT2D eigenvalue weighted by molar-refractivity contribution is -0.137. The van der Waals surface area contributed by atoms with E-state index in [1.54, 1.807) is 6.92 Å². The molecule has 1 N–H and O–H groups in total. The van der Waals surface area contributed by atoms with E-state index >= 15 is 0 Å².